The molecule has 0 radical (unpaired) electrons. The predicted molar refractivity (Wildman–Crippen MR) is 65.7 cm³/mol. The summed E-state index contributed by atoms with van der Waals surface area (Å²) >= 11 is 3.40. The van der Waals surface area contributed by atoms with Crippen LogP contribution < -0.4 is 11.1 Å². The fraction of sp³-hybridized carbons (Fsp3) is 0.600. The lowest BCUT2D eigenvalue weighted by Crippen LogP contribution is -2.47. The van der Waals surface area contributed by atoms with Gasteiger partial charge in [0, 0.05) is 12.7 Å². The van der Waals surface area contributed by atoms with E-state index in [2.05, 4.69) is 52.0 Å². The van der Waals surface area contributed by atoms with Crippen molar-refractivity contribution in [3.05, 3.63) is 17.0 Å². The highest BCUT2D eigenvalue weighted by Gasteiger charge is 2.27. The van der Waals surface area contributed by atoms with Gasteiger partial charge < -0.3 is 11.1 Å². The molecule has 84 valence electrons. The lowest BCUT2D eigenvalue weighted by molar-refractivity contribution is 0.381. The minimum Gasteiger partial charge on any atom is -0.362 e. The summed E-state index contributed by atoms with van der Waals surface area (Å²) in [5.74, 6) is 1.20. The lowest BCUT2D eigenvalue weighted by Gasteiger charge is -2.34. The van der Waals surface area contributed by atoms with Crippen LogP contribution in [0, 0.1) is 5.92 Å². The van der Waals surface area contributed by atoms with E-state index in [1.165, 1.54) is 6.33 Å². The van der Waals surface area contributed by atoms with Gasteiger partial charge in [0.2, 0.25) is 0 Å². The third-order valence-corrected chi connectivity index (χ3v) is 3.35. The van der Waals surface area contributed by atoms with Crippen LogP contribution in [0.25, 0.3) is 0 Å². The number of nitrogens with zero attached hydrogens (tertiary/aromatic N) is 2. The Morgan fingerprint density at radius 2 is 2.27 bits per heavy atom. The zero-order valence-corrected chi connectivity index (χ0v) is 10.9. The van der Waals surface area contributed by atoms with Crippen molar-refractivity contribution in [3.63, 3.8) is 0 Å². The predicted octanol–water partition coefficient (Wildman–Crippen LogP) is 2.02. The number of nitrogens with one attached hydrogen (secondary N) is 1. The highest BCUT2D eigenvalue weighted by atomic mass is 79.9. The van der Waals surface area contributed by atoms with Crippen molar-refractivity contribution in [1.82, 2.24) is 9.97 Å². The Balaban J connectivity index is 2.89. The molecule has 0 aliphatic carbocycles. The van der Waals surface area contributed by atoms with Crippen LogP contribution in [0.4, 0.5) is 5.82 Å². The Morgan fingerprint density at radius 3 is 2.73 bits per heavy atom. The van der Waals surface area contributed by atoms with Gasteiger partial charge in [-0.05, 0) is 28.8 Å². The molecule has 1 rings (SSSR count). The molecule has 4 nitrogen and oxygen atoms in total. The molecular formula is C10H17BrN4. The quantitative estimate of drug-likeness (QED) is 0.881. The van der Waals surface area contributed by atoms with E-state index in [4.69, 9.17) is 5.73 Å². The molecule has 0 fully saturated rings. The van der Waals surface area contributed by atoms with Crippen LogP contribution in [0.1, 0.15) is 20.8 Å². The SMILES string of the molecule is CC(C)C(C)(CN)Nc1ncncc1Br. The first kappa shape index (κ1) is 12.4. The minimum absolute atomic E-state index is 0.156. The molecule has 0 aliphatic rings. The van der Waals surface area contributed by atoms with E-state index >= 15 is 0 Å². The summed E-state index contributed by atoms with van der Waals surface area (Å²) in [6, 6.07) is 0. The van der Waals surface area contributed by atoms with E-state index < -0.39 is 0 Å². The van der Waals surface area contributed by atoms with Gasteiger partial charge in [0.1, 0.15) is 12.1 Å². The van der Waals surface area contributed by atoms with Gasteiger partial charge in [0.15, 0.2) is 0 Å². The Bertz CT molecular complexity index is 329. The first-order valence-corrected chi connectivity index (χ1v) is 5.72. The second-order valence-corrected chi connectivity index (χ2v) is 4.97. The zero-order chi connectivity index (χ0) is 11.5. The van der Waals surface area contributed by atoms with Crippen molar-refractivity contribution in [2.24, 2.45) is 11.7 Å². The van der Waals surface area contributed by atoms with Crippen molar-refractivity contribution in [3.8, 4) is 0 Å². The molecule has 0 saturated carbocycles. The van der Waals surface area contributed by atoms with Crippen molar-refractivity contribution in [2.75, 3.05) is 11.9 Å². The molecular weight excluding hydrogens is 256 g/mol. The molecule has 1 aromatic rings. The van der Waals surface area contributed by atoms with Gasteiger partial charge in [-0.15, -0.1) is 0 Å². The molecule has 0 spiro atoms. The summed E-state index contributed by atoms with van der Waals surface area (Å²) in [5, 5.41) is 3.35. The first-order chi connectivity index (χ1) is 6.99. The van der Waals surface area contributed by atoms with Crippen molar-refractivity contribution >= 4 is 21.7 Å². The maximum atomic E-state index is 5.78. The molecule has 15 heavy (non-hydrogen) atoms. The van der Waals surface area contributed by atoms with Crippen molar-refractivity contribution < 1.29 is 0 Å². The van der Waals surface area contributed by atoms with E-state index in [0.29, 0.717) is 12.5 Å². The van der Waals surface area contributed by atoms with Gasteiger partial charge in [0.25, 0.3) is 0 Å². The van der Waals surface area contributed by atoms with Crippen molar-refractivity contribution in [1.29, 1.82) is 0 Å². The highest BCUT2D eigenvalue weighted by Crippen LogP contribution is 2.25. The Kier molecular flexibility index (Phi) is 4.04. The number of nitrogens with two attached hydrogens (primary N) is 1. The minimum atomic E-state index is -0.156. The van der Waals surface area contributed by atoms with E-state index in [-0.39, 0.29) is 5.54 Å². The Morgan fingerprint density at radius 1 is 1.60 bits per heavy atom. The molecule has 0 saturated heterocycles. The van der Waals surface area contributed by atoms with Crippen LogP contribution in [-0.2, 0) is 0 Å². The third-order valence-electron chi connectivity index (χ3n) is 2.77. The highest BCUT2D eigenvalue weighted by molar-refractivity contribution is 9.10. The van der Waals surface area contributed by atoms with Crippen LogP contribution in [0.5, 0.6) is 0 Å². The molecule has 1 atom stereocenters. The summed E-state index contributed by atoms with van der Waals surface area (Å²) < 4.78 is 0.852. The fourth-order valence-corrected chi connectivity index (χ4v) is 1.43. The molecule has 5 heteroatoms. The maximum absolute atomic E-state index is 5.78. The van der Waals surface area contributed by atoms with Crippen LogP contribution in [0.15, 0.2) is 17.0 Å². The number of anilines is 1. The van der Waals surface area contributed by atoms with Gasteiger partial charge in [-0.1, -0.05) is 13.8 Å². The number of halogens is 1. The van der Waals surface area contributed by atoms with E-state index in [9.17, 15) is 0 Å². The number of hydrogen-bond acceptors (Lipinski definition) is 4. The van der Waals surface area contributed by atoms with Crippen LogP contribution in [0.2, 0.25) is 0 Å². The van der Waals surface area contributed by atoms with Gasteiger partial charge in [0.05, 0.1) is 10.0 Å². The number of rotatable bonds is 4. The molecule has 1 unspecified atom stereocenters. The van der Waals surface area contributed by atoms with Gasteiger partial charge in [-0.25, -0.2) is 9.97 Å². The zero-order valence-electron chi connectivity index (χ0n) is 9.29. The van der Waals surface area contributed by atoms with Crippen molar-refractivity contribution in [2.45, 2.75) is 26.3 Å². The average Bonchev–Trinajstić information content (AvgIpc) is 2.21. The molecule has 0 aromatic carbocycles. The van der Waals surface area contributed by atoms with E-state index in [1.54, 1.807) is 6.20 Å². The topological polar surface area (TPSA) is 63.8 Å². The fourth-order valence-electron chi connectivity index (χ4n) is 1.11. The second kappa shape index (κ2) is 4.90. The molecule has 1 aromatic heterocycles. The average molecular weight is 273 g/mol. The number of hydrogen-bond donors (Lipinski definition) is 2. The third kappa shape index (κ3) is 2.89. The summed E-state index contributed by atoms with van der Waals surface area (Å²) in [6.07, 6.45) is 3.23. The van der Waals surface area contributed by atoms with Gasteiger partial charge in [-0.2, -0.15) is 0 Å². The molecule has 0 bridgehead atoms. The largest absolute Gasteiger partial charge is 0.362 e. The van der Waals surface area contributed by atoms with Crippen LogP contribution >= 0.6 is 15.9 Å². The first-order valence-electron chi connectivity index (χ1n) is 4.93. The molecule has 1 heterocycles. The van der Waals surface area contributed by atoms with E-state index in [1.807, 2.05) is 0 Å². The monoisotopic (exact) mass is 272 g/mol. The normalized spacial score (nSPS) is 15.1. The second-order valence-electron chi connectivity index (χ2n) is 4.12. The standard InChI is InChI=1S/C10H17BrN4/c1-7(2)10(3,5-12)15-9-8(11)4-13-6-14-9/h4,6-7H,5,12H2,1-3H3,(H,13,14,15). The van der Waals surface area contributed by atoms with Crippen LogP contribution in [0.3, 0.4) is 0 Å². The number of aromatic nitrogens is 2. The maximum Gasteiger partial charge on any atom is 0.144 e. The summed E-state index contributed by atoms with van der Waals surface area (Å²) in [6.45, 7) is 6.91. The van der Waals surface area contributed by atoms with Gasteiger partial charge in [-0.3, -0.25) is 0 Å². The Hall–Kier alpha value is -0.680. The molecule has 0 amide bonds. The van der Waals surface area contributed by atoms with E-state index in [0.717, 1.165) is 10.3 Å². The summed E-state index contributed by atoms with van der Waals surface area (Å²) in [5.41, 5.74) is 5.63. The van der Waals surface area contributed by atoms with Crippen LogP contribution in [-0.4, -0.2) is 22.1 Å². The summed E-state index contributed by atoms with van der Waals surface area (Å²) in [4.78, 5) is 8.09. The van der Waals surface area contributed by atoms with Gasteiger partial charge >= 0.3 is 0 Å². The molecule has 3 N–H and O–H groups in total. The molecule has 0 aliphatic heterocycles. The summed E-state index contributed by atoms with van der Waals surface area (Å²) in [7, 11) is 0. The Labute approximate surface area is 98.8 Å². The lowest BCUT2D eigenvalue weighted by atomic mass is 9.88. The smallest absolute Gasteiger partial charge is 0.144 e.